The number of imidazole rings is 1. The van der Waals surface area contributed by atoms with Gasteiger partial charge in [-0.15, -0.1) is 11.8 Å². The van der Waals surface area contributed by atoms with Crippen molar-refractivity contribution in [3.63, 3.8) is 0 Å². The molecule has 3 aromatic carbocycles. The first-order chi connectivity index (χ1) is 11.9. The molecule has 0 radical (unpaired) electrons. The second kappa shape index (κ2) is 6.93. The number of hydrogen-bond donors (Lipinski definition) is 1. The van der Waals surface area contributed by atoms with Crippen molar-refractivity contribution in [2.75, 3.05) is 0 Å². The summed E-state index contributed by atoms with van der Waals surface area (Å²) < 4.78 is 0. The zero-order valence-electron chi connectivity index (χ0n) is 13.2. The van der Waals surface area contributed by atoms with Crippen molar-refractivity contribution >= 4 is 22.5 Å². The Balaban J connectivity index is 1.69. The molecule has 2 nitrogen and oxygen atoms in total. The molecule has 1 atom stereocenters. The molecule has 0 saturated heterocycles. The van der Waals surface area contributed by atoms with Gasteiger partial charge in [-0.3, -0.25) is 0 Å². The SMILES string of the molecule is c1ccc(SC(Cc2ncc[nH]2)c2ccc3ccccc3c2)cc1. The Bertz CT molecular complexity index is 917. The minimum atomic E-state index is 0.322. The molecule has 0 fully saturated rings. The van der Waals surface area contributed by atoms with Gasteiger partial charge in [-0.2, -0.15) is 0 Å². The summed E-state index contributed by atoms with van der Waals surface area (Å²) in [6.07, 6.45) is 4.59. The Labute approximate surface area is 146 Å². The summed E-state index contributed by atoms with van der Waals surface area (Å²) in [5, 5.41) is 2.89. The molecule has 1 heterocycles. The van der Waals surface area contributed by atoms with Gasteiger partial charge in [0.1, 0.15) is 5.82 Å². The van der Waals surface area contributed by atoms with Gasteiger partial charge in [0.15, 0.2) is 0 Å². The molecule has 3 heteroatoms. The predicted octanol–water partition coefficient (Wildman–Crippen LogP) is 5.64. The van der Waals surface area contributed by atoms with E-state index >= 15 is 0 Å². The first-order valence-corrected chi connectivity index (χ1v) is 8.95. The average Bonchev–Trinajstić information content (AvgIpc) is 3.15. The van der Waals surface area contributed by atoms with Gasteiger partial charge in [-0.25, -0.2) is 4.98 Å². The van der Waals surface area contributed by atoms with Crippen molar-refractivity contribution in [2.45, 2.75) is 16.6 Å². The van der Waals surface area contributed by atoms with Gasteiger partial charge in [-0.1, -0.05) is 60.7 Å². The molecular weight excluding hydrogens is 312 g/mol. The second-order valence-electron chi connectivity index (χ2n) is 5.77. The Morgan fingerprint density at radius 2 is 1.67 bits per heavy atom. The van der Waals surface area contributed by atoms with Crippen molar-refractivity contribution in [3.05, 3.63) is 96.6 Å². The number of rotatable bonds is 5. The number of aromatic nitrogens is 2. The summed E-state index contributed by atoms with van der Waals surface area (Å²) in [6, 6.07) is 25.8. The summed E-state index contributed by atoms with van der Waals surface area (Å²) in [7, 11) is 0. The topological polar surface area (TPSA) is 28.7 Å². The van der Waals surface area contributed by atoms with Crippen LogP contribution in [0.1, 0.15) is 16.6 Å². The van der Waals surface area contributed by atoms with E-state index in [-0.39, 0.29) is 0 Å². The maximum absolute atomic E-state index is 4.42. The number of benzene rings is 3. The summed E-state index contributed by atoms with van der Waals surface area (Å²) in [5.41, 5.74) is 1.33. The minimum absolute atomic E-state index is 0.322. The monoisotopic (exact) mass is 330 g/mol. The summed E-state index contributed by atoms with van der Waals surface area (Å²) in [5.74, 6) is 1.02. The highest BCUT2D eigenvalue weighted by atomic mass is 32.2. The zero-order valence-corrected chi connectivity index (χ0v) is 14.0. The number of nitrogens with one attached hydrogen (secondary N) is 1. The molecule has 0 aliphatic rings. The van der Waals surface area contributed by atoms with Crippen LogP contribution < -0.4 is 0 Å². The molecule has 0 aliphatic carbocycles. The minimum Gasteiger partial charge on any atom is -0.349 e. The van der Waals surface area contributed by atoms with E-state index in [0.29, 0.717) is 5.25 Å². The van der Waals surface area contributed by atoms with Crippen LogP contribution in [0, 0.1) is 0 Å². The van der Waals surface area contributed by atoms with E-state index in [0.717, 1.165) is 12.2 Å². The third kappa shape index (κ3) is 3.36. The van der Waals surface area contributed by atoms with E-state index in [2.05, 4.69) is 82.8 Å². The fraction of sp³-hybridized carbons (Fsp3) is 0.0952. The van der Waals surface area contributed by atoms with Crippen LogP contribution in [-0.2, 0) is 6.42 Å². The van der Waals surface area contributed by atoms with Crippen molar-refractivity contribution in [2.24, 2.45) is 0 Å². The molecule has 1 unspecified atom stereocenters. The van der Waals surface area contributed by atoms with Gasteiger partial charge >= 0.3 is 0 Å². The van der Waals surface area contributed by atoms with Crippen LogP contribution in [0.4, 0.5) is 0 Å². The fourth-order valence-corrected chi connectivity index (χ4v) is 4.05. The lowest BCUT2D eigenvalue weighted by Gasteiger charge is -2.17. The van der Waals surface area contributed by atoms with Crippen LogP contribution in [0.5, 0.6) is 0 Å². The number of thioether (sulfide) groups is 1. The molecule has 1 aromatic heterocycles. The Morgan fingerprint density at radius 1 is 0.875 bits per heavy atom. The van der Waals surface area contributed by atoms with E-state index in [4.69, 9.17) is 0 Å². The highest BCUT2D eigenvalue weighted by Gasteiger charge is 2.16. The lowest BCUT2D eigenvalue weighted by molar-refractivity contribution is 0.865. The highest BCUT2D eigenvalue weighted by molar-refractivity contribution is 7.99. The van der Waals surface area contributed by atoms with Crippen LogP contribution in [0.2, 0.25) is 0 Å². The maximum atomic E-state index is 4.42. The summed E-state index contributed by atoms with van der Waals surface area (Å²) in [6.45, 7) is 0. The Morgan fingerprint density at radius 3 is 2.46 bits per heavy atom. The van der Waals surface area contributed by atoms with Crippen LogP contribution in [0.15, 0.2) is 90.1 Å². The van der Waals surface area contributed by atoms with E-state index in [1.54, 1.807) is 0 Å². The van der Waals surface area contributed by atoms with Gasteiger partial charge in [0.25, 0.3) is 0 Å². The lowest BCUT2D eigenvalue weighted by Crippen LogP contribution is -2.01. The number of nitrogens with zero attached hydrogens (tertiary/aromatic N) is 1. The van der Waals surface area contributed by atoms with Gasteiger partial charge in [0.05, 0.1) is 0 Å². The largest absolute Gasteiger partial charge is 0.349 e. The van der Waals surface area contributed by atoms with Crippen LogP contribution in [0.25, 0.3) is 10.8 Å². The maximum Gasteiger partial charge on any atom is 0.107 e. The third-order valence-corrected chi connectivity index (χ3v) is 5.37. The van der Waals surface area contributed by atoms with Gasteiger partial charge in [0, 0.05) is 29.0 Å². The van der Waals surface area contributed by atoms with E-state index < -0.39 is 0 Å². The molecule has 4 rings (SSSR count). The van der Waals surface area contributed by atoms with E-state index in [9.17, 15) is 0 Å². The molecule has 118 valence electrons. The molecule has 0 bridgehead atoms. The summed E-state index contributed by atoms with van der Waals surface area (Å²) >= 11 is 1.89. The summed E-state index contributed by atoms with van der Waals surface area (Å²) in [4.78, 5) is 8.93. The Hall–Kier alpha value is -2.52. The number of aromatic amines is 1. The molecule has 0 spiro atoms. The van der Waals surface area contributed by atoms with Gasteiger partial charge < -0.3 is 4.98 Å². The number of H-pyrrole nitrogens is 1. The van der Waals surface area contributed by atoms with Crippen LogP contribution >= 0.6 is 11.8 Å². The van der Waals surface area contributed by atoms with Crippen molar-refractivity contribution in [1.29, 1.82) is 0 Å². The van der Waals surface area contributed by atoms with E-state index in [1.807, 2.05) is 24.2 Å². The van der Waals surface area contributed by atoms with Crippen molar-refractivity contribution in [3.8, 4) is 0 Å². The Kier molecular flexibility index (Phi) is 4.34. The first-order valence-electron chi connectivity index (χ1n) is 8.07. The average molecular weight is 330 g/mol. The standard InChI is InChI=1S/C21H18N2S/c1-2-8-19(9-3-1)24-20(15-21-22-12-13-23-21)18-11-10-16-6-4-5-7-17(16)14-18/h1-14,20H,15H2,(H,22,23). The highest BCUT2D eigenvalue weighted by Crippen LogP contribution is 2.38. The normalized spacial score (nSPS) is 12.3. The molecule has 24 heavy (non-hydrogen) atoms. The molecule has 1 N–H and O–H groups in total. The number of fused-ring (bicyclic) bond motifs is 1. The zero-order chi connectivity index (χ0) is 16.2. The number of hydrogen-bond acceptors (Lipinski definition) is 2. The molecular formula is C21H18N2S. The quantitative estimate of drug-likeness (QED) is 0.480. The van der Waals surface area contributed by atoms with Crippen molar-refractivity contribution < 1.29 is 0 Å². The second-order valence-corrected chi connectivity index (χ2v) is 7.04. The lowest BCUT2D eigenvalue weighted by atomic mass is 10.0. The van der Waals surface area contributed by atoms with Crippen LogP contribution in [-0.4, -0.2) is 9.97 Å². The van der Waals surface area contributed by atoms with Crippen molar-refractivity contribution in [1.82, 2.24) is 9.97 Å². The molecule has 0 aliphatic heterocycles. The fourth-order valence-electron chi connectivity index (χ4n) is 2.88. The van der Waals surface area contributed by atoms with Gasteiger partial charge in [0.2, 0.25) is 0 Å². The van der Waals surface area contributed by atoms with E-state index in [1.165, 1.54) is 21.2 Å². The smallest absolute Gasteiger partial charge is 0.107 e. The molecule has 0 saturated carbocycles. The predicted molar refractivity (Wildman–Crippen MR) is 101 cm³/mol. The molecule has 4 aromatic rings. The third-order valence-electron chi connectivity index (χ3n) is 4.10. The first kappa shape index (κ1) is 15.0. The molecule has 0 amide bonds. The van der Waals surface area contributed by atoms with Gasteiger partial charge in [-0.05, 0) is 28.5 Å². The van der Waals surface area contributed by atoms with Crippen LogP contribution in [0.3, 0.4) is 0 Å².